The van der Waals surface area contributed by atoms with Crippen molar-refractivity contribution in [2.45, 2.75) is 19.4 Å². The molecule has 1 aromatic carbocycles. The van der Waals surface area contributed by atoms with Crippen molar-refractivity contribution in [3.8, 4) is 5.75 Å². The Balaban J connectivity index is 1.66. The van der Waals surface area contributed by atoms with Crippen molar-refractivity contribution >= 4 is 33.2 Å². The van der Waals surface area contributed by atoms with Crippen LogP contribution in [0.2, 0.25) is 0 Å². The number of nitrogens with zero attached hydrogens (tertiary/aromatic N) is 1. The topological polar surface area (TPSA) is 74.3 Å². The summed E-state index contributed by atoms with van der Waals surface area (Å²) in [6, 6.07) is 11.8. The van der Waals surface area contributed by atoms with Crippen LogP contribution in [0.5, 0.6) is 5.75 Å². The highest BCUT2D eigenvalue weighted by molar-refractivity contribution is 7.20. The zero-order valence-corrected chi connectivity index (χ0v) is 13.7. The predicted octanol–water partition coefficient (Wildman–Crippen LogP) is 3.27. The Morgan fingerprint density at radius 3 is 2.83 bits per heavy atom. The lowest BCUT2D eigenvalue weighted by Gasteiger charge is -2.05. The number of hydrogen-bond donors (Lipinski definition) is 1. The van der Waals surface area contributed by atoms with E-state index in [9.17, 15) is 9.59 Å². The van der Waals surface area contributed by atoms with E-state index in [1.165, 1.54) is 24.2 Å². The second kappa shape index (κ2) is 5.79. The van der Waals surface area contributed by atoms with Crippen molar-refractivity contribution in [2.24, 2.45) is 5.92 Å². The van der Waals surface area contributed by atoms with E-state index in [-0.39, 0.29) is 5.56 Å². The van der Waals surface area contributed by atoms with Gasteiger partial charge in [0.25, 0.3) is 5.56 Å². The third kappa shape index (κ3) is 2.92. The molecule has 6 heteroatoms. The summed E-state index contributed by atoms with van der Waals surface area (Å²) in [6.07, 6.45) is 2.33. The summed E-state index contributed by atoms with van der Waals surface area (Å²) < 4.78 is 7.15. The minimum atomic E-state index is -0.438. The van der Waals surface area contributed by atoms with Gasteiger partial charge in [0.2, 0.25) is 0 Å². The summed E-state index contributed by atoms with van der Waals surface area (Å²) in [7, 11) is 0. The Kier molecular flexibility index (Phi) is 3.61. The molecule has 0 unspecified atom stereocenters. The second-order valence-electron chi connectivity index (χ2n) is 6.06. The number of anilines is 1. The van der Waals surface area contributed by atoms with E-state index < -0.39 is 5.97 Å². The molecule has 5 nitrogen and oxygen atoms in total. The molecule has 0 aliphatic heterocycles. The van der Waals surface area contributed by atoms with Crippen molar-refractivity contribution in [3.63, 3.8) is 0 Å². The van der Waals surface area contributed by atoms with Gasteiger partial charge in [-0.05, 0) is 43.0 Å². The third-order valence-corrected chi connectivity index (χ3v) is 5.22. The number of aromatic nitrogens is 1. The highest BCUT2D eigenvalue weighted by Gasteiger charge is 2.24. The molecule has 0 spiro atoms. The zero-order chi connectivity index (χ0) is 16.7. The van der Waals surface area contributed by atoms with Crippen molar-refractivity contribution in [1.82, 2.24) is 4.57 Å². The average Bonchev–Trinajstić information content (AvgIpc) is 3.26. The molecule has 0 saturated heterocycles. The largest absolute Gasteiger partial charge is 0.422 e. The molecule has 122 valence electrons. The molecule has 0 atom stereocenters. The molecule has 4 rings (SSSR count). The number of carbonyl (C=O) groups excluding carboxylic acids is 1. The maximum atomic E-state index is 12.4. The molecular formula is C18H16N2O3S. The molecule has 24 heavy (non-hydrogen) atoms. The van der Waals surface area contributed by atoms with E-state index >= 15 is 0 Å². The summed E-state index contributed by atoms with van der Waals surface area (Å²) >= 11 is 1.30. The van der Waals surface area contributed by atoms with Gasteiger partial charge in [-0.15, -0.1) is 11.3 Å². The van der Waals surface area contributed by atoms with Crippen LogP contribution < -0.4 is 16.0 Å². The monoisotopic (exact) mass is 340 g/mol. The molecule has 2 aromatic heterocycles. The standard InChI is InChI=1S/C18H16N2O3S/c19-13-2-1-3-14(9-13)23-18(22)15-8-12-6-7-16(21)20(17(12)24-15)10-11-4-5-11/h1-3,6-9,11H,4-5,10,19H2. The lowest BCUT2D eigenvalue weighted by atomic mass is 10.3. The van der Waals surface area contributed by atoms with E-state index in [0.717, 1.165) is 16.8 Å². The summed E-state index contributed by atoms with van der Waals surface area (Å²) in [5.74, 6) is 0.554. The molecular weight excluding hydrogens is 324 g/mol. The van der Waals surface area contributed by atoms with Gasteiger partial charge in [-0.2, -0.15) is 0 Å². The molecule has 0 radical (unpaired) electrons. The number of carbonyl (C=O) groups is 1. The van der Waals surface area contributed by atoms with Gasteiger partial charge in [0, 0.05) is 29.8 Å². The number of pyridine rings is 1. The molecule has 0 bridgehead atoms. The number of nitrogen functional groups attached to an aromatic ring is 1. The van der Waals surface area contributed by atoms with Crippen LogP contribution in [0.1, 0.15) is 22.5 Å². The fourth-order valence-electron chi connectivity index (χ4n) is 2.64. The fraction of sp³-hybridized carbons (Fsp3) is 0.222. The van der Waals surface area contributed by atoms with E-state index in [2.05, 4.69) is 0 Å². The Morgan fingerprint density at radius 2 is 2.08 bits per heavy atom. The predicted molar refractivity (Wildman–Crippen MR) is 94.6 cm³/mol. The van der Waals surface area contributed by atoms with Gasteiger partial charge in [-0.3, -0.25) is 9.36 Å². The van der Waals surface area contributed by atoms with E-state index in [1.807, 2.05) is 0 Å². The second-order valence-corrected chi connectivity index (χ2v) is 7.09. The lowest BCUT2D eigenvalue weighted by Crippen LogP contribution is -2.19. The molecule has 2 N–H and O–H groups in total. The van der Waals surface area contributed by atoms with Gasteiger partial charge in [0.1, 0.15) is 15.5 Å². The molecule has 1 fully saturated rings. The summed E-state index contributed by atoms with van der Waals surface area (Å²) in [6.45, 7) is 0.723. The van der Waals surface area contributed by atoms with Crippen LogP contribution in [-0.2, 0) is 6.54 Å². The highest BCUT2D eigenvalue weighted by atomic mass is 32.1. The first-order chi connectivity index (χ1) is 11.6. The minimum Gasteiger partial charge on any atom is -0.422 e. The van der Waals surface area contributed by atoms with Gasteiger partial charge in [-0.1, -0.05) is 6.07 Å². The minimum absolute atomic E-state index is 0.0213. The number of fused-ring (bicyclic) bond motifs is 1. The van der Waals surface area contributed by atoms with Crippen LogP contribution in [0.15, 0.2) is 47.3 Å². The summed E-state index contributed by atoms with van der Waals surface area (Å²) in [5, 5.41) is 0.889. The van der Waals surface area contributed by atoms with Crippen molar-refractivity contribution in [1.29, 1.82) is 0 Å². The van der Waals surface area contributed by atoms with Gasteiger partial charge in [-0.25, -0.2) is 4.79 Å². The maximum Gasteiger partial charge on any atom is 0.353 e. The lowest BCUT2D eigenvalue weighted by molar-refractivity contribution is 0.0740. The van der Waals surface area contributed by atoms with E-state index in [0.29, 0.717) is 22.2 Å². The Morgan fingerprint density at radius 1 is 1.25 bits per heavy atom. The zero-order valence-electron chi connectivity index (χ0n) is 12.9. The summed E-state index contributed by atoms with van der Waals surface area (Å²) in [4.78, 5) is 25.8. The molecule has 0 amide bonds. The van der Waals surface area contributed by atoms with Crippen molar-refractivity contribution < 1.29 is 9.53 Å². The maximum absolute atomic E-state index is 12.4. The van der Waals surface area contributed by atoms with Gasteiger partial charge in [0.05, 0.1) is 0 Å². The Bertz CT molecular complexity index is 985. The van der Waals surface area contributed by atoms with Gasteiger partial charge < -0.3 is 10.5 Å². The molecule has 1 aliphatic rings. The van der Waals surface area contributed by atoms with Crippen LogP contribution in [0, 0.1) is 5.92 Å². The Hall–Kier alpha value is -2.60. The first-order valence-corrected chi connectivity index (χ1v) is 8.63. The molecule has 3 aromatic rings. The van der Waals surface area contributed by atoms with Crippen LogP contribution in [0.25, 0.3) is 10.2 Å². The van der Waals surface area contributed by atoms with Crippen molar-refractivity contribution in [3.05, 3.63) is 57.7 Å². The number of rotatable bonds is 4. The normalized spacial score (nSPS) is 14.0. The van der Waals surface area contributed by atoms with Crippen LogP contribution in [-0.4, -0.2) is 10.5 Å². The number of thiophene rings is 1. The third-order valence-electron chi connectivity index (χ3n) is 4.06. The SMILES string of the molecule is Nc1cccc(OC(=O)c2cc3ccc(=O)n(CC4CC4)c3s2)c1. The van der Waals surface area contributed by atoms with Crippen LogP contribution in [0.3, 0.4) is 0 Å². The highest BCUT2D eigenvalue weighted by Crippen LogP contribution is 2.33. The van der Waals surface area contributed by atoms with Crippen LogP contribution in [0.4, 0.5) is 5.69 Å². The number of ether oxygens (including phenoxy) is 1. The fourth-order valence-corrected chi connectivity index (χ4v) is 3.68. The van der Waals surface area contributed by atoms with E-state index in [4.69, 9.17) is 10.5 Å². The Labute approximate surface area is 142 Å². The smallest absolute Gasteiger partial charge is 0.353 e. The van der Waals surface area contributed by atoms with E-state index in [1.54, 1.807) is 47.0 Å². The van der Waals surface area contributed by atoms with Crippen molar-refractivity contribution in [2.75, 3.05) is 5.73 Å². The first kappa shape index (κ1) is 15.0. The molecule has 1 aliphatic carbocycles. The summed E-state index contributed by atoms with van der Waals surface area (Å²) in [5.41, 5.74) is 6.21. The number of benzene rings is 1. The molecule has 2 heterocycles. The molecule has 1 saturated carbocycles. The number of nitrogens with two attached hydrogens (primary N) is 1. The quantitative estimate of drug-likeness (QED) is 0.449. The first-order valence-electron chi connectivity index (χ1n) is 7.81. The number of esters is 1. The average molecular weight is 340 g/mol. The van der Waals surface area contributed by atoms with Crippen LogP contribution >= 0.6 is 11.3 Å². The van der Waals surface area contributed by atoms with Gasteiger partial charge >= 0.3 is 5.97 Å². The number of hydrogen-bond acceptors (Lipinski definition) is 5. The van der Waals surface area contributed by atoms with Gasteiger partial charge in [0.15, 0.2) is 0 Å².